The van der Waals surface area contributed by atoms with E-state index in [1.54, 1.807) is 36.4 Å². The molecule has 0 saturated heterocycles. The second-order valence-corrected chi connectivity index (χ2v) is 7.34. The molecule has 6 heteroatoms. The first-order valence-electron chi connectivity index (χ1n) is 10.7. The van der Waals surface area contributed by atoms with Crippen LogP contribution in [0.1, 0.15) is 50.2 Å². The van der Waals surface area contributed by atoms with Crippen LogP contribution in [0, 0.1) is 0 Å². The van der Waals surface area contributed by atoms with E-state index >= 15 is 0 Å². The molecule has 0 heterocycles. The summed E-state index contributed by atoms with van der Waals surface area (Å²) in [5.74, 6) is 0.0634. The van der Waals surface area contributed by atoms with E-state index in [1.807, 2.05) is 0 Å². The van der Waals surface area contributed by atoms with Gasteiger partial charge in [-0.1, -0.05) is 50.5 Å². The molecule has 0 aliphatic carbocycles. The zero-order valence-corrected chi connectivity index (χ0v) is 18.5. The molecule has 0 bridgehead atoms. The highest BCUT2D eigenvalue weighted by Gasteiger charge is 2.06. The van der Waals surface area contributed by atoms with Crippen molar-refractivity contribution in [2.45, 2.75) is 39.0 Å². The van der Waals surface area contributed by atoms with Gasteiger partial charge < -0.3 is 19.7 Å². The Bertz CT molecular complexity index is 974. The average molecular weight is 439 g/mol. The average Bonchev–Trinajstić information content (AvgIpc) is 2.78. The number of carbonyl (C=O) groups is 2. The summed E-state index contributed by atoms with van der Waals surface area (Å²) >= 11 is 0. The number of allylic oxidation sites excluding steroid dienone is 2. The monoisotopic (exact) mass is 438 g/mol. The van der Waals surface area contributed by atoms with Crippen LogP contribution >= 0.6 is 0 Å². The highest BCUT2D eigenvalue weighted by molar-refractivity contribution is 6.10. The van der Waals surface area contributed by atoms with Gasteiger partial charge in [0.1, 0.15) is 0 Å². The van der Waals surface area contributed by atoms with Gasteiger partial charge in [-0.25, -0.2) is 0 Å². The third kappa shape index (κ3) is 8.30. The van der Waals surface area contributed by atoms with Crippen LogP contribution in [0.3, 0.4) is 0 Å². The van der Waals surface area contributed by atoms with E-state index in [4.69, 9.17) is 9.47 Å². The molecule has 0 aliphatic heterocycles. The number of phenols is 2. The van der Waals surface area contributed by atoms with E-state index in [2.05, 4.69) is 6.92 Å². The Labute approximate surface area is 188 Å². The van der Waals surface area contributed by atoms with Gasteiger partial charge in [0.25, 0.3) is 0 Å². The molecular formula is C26H30O6. The van der Waals surface area contributed by atoms with Crippen LogP contribution in [-0.4, -0.2) is 35.5 Å². The maximum atomic E-state index is 12.1. The van der Waals surface area contributed by atoms with E-state index < -0.39 is 0 Å². The Kier molecular flexibility index (Phi) is 10.0. The molecule has 0 radical (unpaired) electrons. The molecule has 32 heavy (non-hydrogen) atoms. The van der Waals surface area contributed by atoms with E-state index in [9.17, 15) is 19.8 Å². The molecule has 0 spiro atoms. The minimum Gasteiger partial charge on any atom is -0.504 e. The summed E-state index contributed by atoms with van der Waals surface area (Å²) in [5, 5.41) is 19.5. The van der Waals surface area contributed by atoms with Crippen LogP contribution in [0.5, 0.6) is 23.0 Å². The Hall–Kier alpha value is -3.54. The molecular weight excluding hydrogens is 408 g/mol. The van der Waals surface area contributed by atoms with Crippen molar-refractivity contribution in [2.75, 3.05) is 13.7 Å². The van der Waals surface area contributed by atoms with Crippen molar-refractivity contribution in [3.8, 4) is 23.0 Å². The Morgan fingerprint density at radius 3 is 1.97 bits per heavy atom. The lowest BCUT2D eigenvalue weighted by Gasteiger charge is -2.08. The number of ether oxygens (including phenoxy) is 2. The summed E-state index contributed by atoms with van der Waals surface area (Å²) in [7, 11) is 1.44. The Morgan fingerprint density at radius 1 is 0.844 bits per heavy atom. The van der Waals surface area contributed by atoms with Crippen LogP contribution in [0.4, 0.5) is 0 Å². The predicted octanol–water partition coefficient (Wildman–Crippen LogP) is 5.32. The van der Waals surface area contributed by atoms with E-state index in [0.29, 0.717) is 29.2 Å². The fourth-order valence-corrected chi connectivity index (χ4v) is 2.93. The Morgan fingerprint density at radius 2 is 1.41 bits per heavy atom. The first kappa shape index (κ1) is 24.7. The van der Waals surface area contributed by atoms with Crippen molar-refractivity contribution in [2.24, 2.45) is 0 Å². The van der Waals surface area contributed by atoms with Crippen LogP contribution in [-0.2, 0) is 9.59 Å². The number of hydrogen-bond acceptors (Lipinski definition) is 6. The highest BCUT2D eigenvalue weighted by Crippen LogP contribution is 2.28. The van der Waals surface area contributed by atoms with Crippen molar-refractivity contribution in [3.63, 3.8) is 0 Å². The number of phenolic OH excluding ortho intramolecular Hbond substituents is 2. The molecule has 0 unspecified atom stereocenters. The van der Waals surface area contributed by atoms with Gasteiger partial charge in [-0.2, -0.15) is 0 Å². The molecule has 0 fully saturated rings. The molecule has 0 amide bonds. The largest absolute Gasteiger partial charge is 0.504 e. The molecule has 2 N–H and O–H groups in total. The lowest BCUT2D eigenvalue weighted by atomic mass is 10.1. The van der Waals surface area contributed by atoms with Gasteiger partial charge in [-0.3, -0.25) is 9.59 Å². The molecule has 2 aromatic rings. The number of ketones is 2. The first-order valence-corrected chi connectivity index (χ1v) is 10.7. The summed E-state index contributed by atoms with van der Waals surface area (Å²) in [6.45, 7) is 2.66. The lowest BCUT2D eigenvalue weighted by Crippen LogP contribution is -2.02. The fraction of sp³-hybridized carbons (Fsp3) is 0.308. The van der Waals surface area contributed by atoms with Gasteiger partial charge in [0.05, 0.1) is 20.1 Å². The number of unbranched alkanes of at least 4 members (excludes halogenated alkanes) is 3. The molecule has 0 aliphatic rings. The third-order valence-electron chi connectivity index (χ3n) is 4.71. The van der Waals surface area contributed by atoms with Gasteiger partial charge in [0.2, 0.25) is 0 Å². The maximum Gasteiger partial charge on any atom is 0.163 e. The zero-order chi connectivity index (χ0) is 23.3. The molecule has 2 rings (SSSR count). The van der Waals surface area contributed by atoms with Crippen molar-refractivity contribution < 1.29 is 29.3 Å². The van der Waals surface area contributed by atoms with E-state index in [1.165, 1.54) is 31.4 Å². The molecule has 0 atom stereocenters. The predicted molar refractivity (Wildman–Crippen MR) is 125 cm³/mol. The second-order valence-electron chi connectivity index (χ2n) is 7.34. The van der Waals surface area contributed by atoms with Crippen molar-refractivity contribution in [1.29, 1.82) is 0 Å². The maximum absolute atomic E-state index is 12.1. The number of methoxy groups -OCH3 is 1. The van der Waals surface area contributed by atoms with Gasteiger partial charge in [0, 0.05) is 0 Å². The minimum atomic E-state index is -0.339. The Balaban J connectivity index is 1.89. The third-order valence-corrected chi connectivity index (χ3v) is 4.71. The molecule has 0 aromatic heterocycles. The molecule has 2 aromatic carbocycles. The minimum absolute atomic E-state index is 0.00979. The van der Waals surface area contributed by atoms with Crippen LogP contribution in [0.2, 0.25) is 0 Å². The lowest BCUT2D eigenvalue weighted by molar-refractivity contribution is -0.121. The van der Waals surface area contributed by atoms with Crippen LogP contribution in [0.15, 0.2) is 48.6 Å². The van der Waals surface area contributed by atoms with E-state index in [0.717, 1.165) is 25.7 Å². The van der Waals surface area contributed by atoms with Gasteiger partial charge in [-0.05, 0) is 54.0 Å². The zero-order valence-electron chi connectivity index (χ0n) is 18.5. The molecule has 0 saturated carbocycles. The van der Waals surface area contributed by atoms with Crippen molar-refractivity contribution >= 4 is 23.7 Å². The first-order chi connectivity index (χ1) is 15.4. The number of carbonyl (C=O) groups excluding carboxylic acids is 2. The van der Waals surface area contributed by atoms with Gasteiger partial charge in [0.15, 0.2) is 34.6 Å². The smallest absolute Gasteiger partial charge is 0.163 e. The summed E-state index contributed by atoms with van der Waals surface area (Å²) in [6, 6.07) is 9.55. The van der Waals surface area contributed by atoms with Gasteiger partial charge >= 0.3 is 0 Å². The fourth-order valence-electron chi connectivity index (χ4n) is 2.93. The highest BCUT2D eigenvalue weighted by atomic mass is 16.5. The summed E-state index contributed by atoms with van der Waals surface area (Å²) in [6.07, 6.45) is 9.84. The standard InChI is InChI=1S/C26H30O6/c1-3-4-5-6-15-32-26-17-20(10-14-24(26)30)8-12-22(28)18-21(27)11-7-19-9-13-23(29)25(16-19)31-2/h7-14,16-17,29-30H,3-6,15,18H2,1-2H3/b11-7+,12-8+. The van der Waals surface area contributed by atoms with Gasteiger partial charge in [-0.15, -0.1) is 0 Å². The number of rotatable bonds is 13. The second kappa shape index (κ2) is 13.0. The molecule has 170 valence electrons. The normalized spacial score (nSPS) is 11.2. The topological polar surface area (TPSA) is 93.1 Å². The number of hydrogen-bond donors (Lipinski definition) is 2. The number of benzene rings is 2. The summed E-state index contributed by atoms with van der Waals surface area (Å²) < 4.78 is 10.7. The van der Waals surface area contributed by atoms with Crippen molar-refractivity contribution in [1.82, 2.24) is 0 Å². The summed E-state index contributed by atoms with van der Waals surface area (Å²) in [4.78, 5) is 24.2. The number of aromatic hydroxyl groups is 2. The van der Waals surface area contributed by atoms with Crippen LogP contribution < -0.4 is 9.47 Å². The van der Waals surface area contributed by atoms with Crippen molar-refractivity contribution in [3.05, 3.63) is 59.7 Å². The SMILES string of the molecule is CCCCCCOc1cc(/C=C/C(=O)CC(=O)/C=C/c2ccc(O)c(OC)c2)ccc1O. The van der Waals surface area contributed by atoms with Crippen LogP contribution in [0.25, 0.3) is 12.2 Å². The summed E-state index contributed by atoms with van der Waals surface area (Å²) in [5.41, 5.74) is 1.36. The molecule has 6 nitrogen and oxygen atoms in total. The quantitative estimate of drug-likeness (QED) is 0.250. The van der Waals surface area contributed by atoms with E-state index in [-0.39, 0.29) is 29.5 Å².